The molecule has 0 bridgehead atoms. The van der Waals surface area contributed by atoms with Crippen molar-refractivity contribution in [2.24, 2.45) is 5.92 Å². The van der Waals surface area contributed by atoms with E-state index in [0.29, 0.717) is 6.61 Å². The molecule has 0 amide bonds. The van der Waals surface area contributed by atoms with Crippen LogP contribution in [0.5, 0.6) is 0 Å². The summed E-state index contributed by atoms with van der Waals surface area (Å²) >= 11 is 0. The summed E-state index contributed by atoms with van der Waals surface area (Å²) in [6, 6.07) is 0. The molecule has 5 nitrogen and oxygen atoms in total. The van der Waals surface area contributed by atoms with Crippen LogP contribution >= 0.6 is 0 Å². The second-order valence-corrected chi connectivity index (χ2v) is 2.97. The van der Waals surface area contributed by atoms with Gasteiger partial charge < -0.3 is 14.6 Å². The topological polar surface area (TPSA) is 72.8 Å². The highest BCUT2D eigenvalue weighted by Crippen LogP contribution is 2.01. The Labute approximate surface area is 105 Å². The quantitative estimate of drug-likeness (QED) is 0.446. The first-order valence-electron chi connectivity index (χ1n) is 4.97. The van der Waals surface area contributed by atoms with Crippen LogP contribution in [0.25, 0.3) is 0 Å². The maximum Gasteiger partial charge on any atom is 0.306 e. The van der Waals surface area contributed by atoms with Gasteiger partial charge in [-0.25, -0.2) is 0 Å². The SMILES string of the molecule is C.C=CCOCC.COC(=O)CC(C)C(=O)O.[3HH]. The zero-order valence-electron chi connectivity index (χ0n) is 10.1. The van der Waals surface area contributed by atoms with Gasteiger partial charge in [-0.2, -0.15) is 0 Å². The van der Waals surface area contributed by atoms with Gasteiger partial charge in [-0.05, 0) is 6.92 Å². The van der Waals surface area contributed by atoms with Crippen LogP contribution in [0.1, 0.15) is 29.1 Å². The summed E-state index contributed by atoms with van der Waals surface area (Å²) < 4.78 is 9.13. The Kier molecular flexibility index (Phi) is 18.1. The number of ether oxygens (including phenoxy) is 2. The third kappa shape index (κ3) is 17.3. The first kappa shape index (κ1) is 21.0. The van der Waals surface area contributed by atoms with Crippen molar-refractivity contribution in [2.75, 3.05) is 20.3 Å². The molecule has 0 aliphatic rings. The van der Waals surface area contributed by atoms with E-state index in [-0.39, 0.29) is 15.3 Å². The molecule has 5 heteroatoms. The van der Waals surface area contributed by atoms with Gasteiger partial charge in [-0.1, -0.05) is 20.4 Å². The van der Waals surface area contributed by atoms with Crippen molar-refractivity contribution in [3.63, 3.8) is 0 Å². The molecular formula is C12H26O5. The van der Waals surface area contributed by atoms with Crippen LogP contribution in [0.2, 0.25) is 0 Å². The first-order chi connectivity index (χ1) is 7.49. The van der Waals surface area contributed by atoms with Crippen molar-refractivity contribution in [2.45, 2.75) is 27.7 Å². The Bertz CT molecular complexity index is 219. The molecule has 0 aromatic heterocycles. The second-order valence-electron chi connectivity index (χ2n) is 2.97. The van der Waals surface area contributed by atoms with Gasteiger partial charge in [-0.15, -0.1) is 6.58 Å². The molecule has 0 saturated heterocycles. The molecule has 0 heterocycles. The van der Waals surface area contributed by atoms with Crippen LogP contribution in [0, 0.1) is 5.92 Å². The molecule has 0 saturated carbocycles. The normalized spacial score (nSPS) is 10.1. The van der Waals surface area contributed by atoms with Crippen molar-refractivity contribution in [3.8, 4) is 0 Å². The van der Waals surface area contributed by atoms with Gasteiger partial charge in [0.15, 0.2) is 0 Å². The van der Waals surface area contributed by atoms with E-state index in [0.717, 1.165) is 6.61 Å². The molecule has 1 atom stereocenters. The van der Waals surface area contributed by atoms with Crippen LogP contribution in [0.4, 0.5) is 0 Å². The van der Waals surface area contributed by atoms with Crippen LogP contribution in [-0.2, 0) is 19.1 Å². The van der Waals surface area contributed by atoms with Crippen molar-refractivity contribution < 1.29 is 25.6 Å². The van der Waals surface area contributed by atoms with Gasteiger partial charge in [0.25, 0.3) is 0 Å². The first-order valence-corrected chi connectivity index (χ1v) is 4.97. The minimum absolute atomic E-state index is 0. The molecule has 1 unspecified atom stereocenters. The van der Waals surface area contributed by atoms with Gasteiger partial charge in [0.2, 0.25) is 0 Å². The number of methoxy groups -OCH3 is 1. The Morgan fingerprint density at radius 2 is 2.06 bits per heavy atom. The number of carboxylic acids is 1. The van der Waals surface area contributed by atoms with Crippen molar-refractivity contribution in [1.82, 2.24) is 0 Å². The molecule has 0 radical (unpaired) electrons. The van der Waals surface area contributed by atoms with Gasteiger partial charge in [-0.3, -0.25) is 9.59 Å². The lowest BCUT2D eigenvalue weighted by molar-refractivity contribution is -0.149. The Balaban J connectivity index is -0.000000108. The highest BCUT2D eigenvalue weighted by atomic mass is 16.5. The largest absolute Gasteiger partial charge is 0.481 e. The van der Waals surface area contributed by atoms with E-state index in [2.05, 4.69) is 11.3 Å². The number of hydrogen-bond donors (Lipinski definition) is 1. The number of rotatable bonds is 6. The van der Waals surface area contributed by atoms with E-state index in [4.69, 9.17) is 9.84 Å². The maximum absolute atomic E-state index is 10.4. The fraction of sp³-hybridized carbons (Fsp3) is 0.667. The molecule has 0 rings (SSSR count). The lowest BCUT2D eigenvalue weighted by Gasteiger charge is -2.02. The van der Waals surface area contributed by atoms with E-state index in [1.165, 1.54) is 14.0 Å². The standard InChI is InChI=1S/C6H10O4.C5H10O.CH4.H2/c1-4(6(8)9)3-5(7)10-2;1-3-5-6-4-2;;/h4H,3H2,1-2H3,(H,8,9);3H,1,4-5H2,2H3;1H4;1H/i;;;1+2. The molecule has 0 aromatic rings. The van der Waals surface area contributed by atoms with E-state index in [1.807, 2.05) is 6.92 Å². The number of hydrogen-bond acceptors (Lipinski definition) is 4. The van der Waals surface area contributed by atoms with Gasteiger partial charge in [0.05, 0.1) is 26.1 Å². The number of carbonyl (C=O) groups excluding carboxylic acids is 1. The third-order valence-corrected chi connectivity index (χ3v) is 1.56. The summed E-state index contributed by atoms with van der Waals surface area (Å²) in [7, 11) is 1.23. The Hall–Kier alpha value is -1.36. The second kappa shape index (κ2) is 14.6. The summed E-state index contributed by atoms with van der Waals surface area (Å²) in [5, 5.41) is 8.32. The number of carboxylic acid groups (broad SMARTS) is 1. The number of esters is 1. The molecule has 0 aliphatic carbocycles. The summed E-state index contributed by atoms with van der Waals surface area (Å²) in [6.07, 6.45) is 1.68. The van der Waals surface area contributed by atoms with Crippen molar-refractivity contribution in [3.05, 3.63) is 12.7 Å². The van der Waals surface area contributed by atoms with Crippen LogP contribution in [-0.4, -0.2) is 37.4 Å². The average Bonchev–Trinajstić information content (AvgIpc) is 2.26. The molecule has 0 aromatic carbocycles. The Morgan fingerprint density at radius 3 is 2.29 bits per heavy atom. The lowest BCUT2D eigenvalue weighted by atomic mass is 10.1. The van der Waals surface area contributed by atoms with Crippen LogP contribution in [0.3, 0.4) is 0 Å². The monoisotopic (exact) mass is 252 g/mol. The van der Waals surface area contributed by atoms with Gasteiger partial charge in [0, 0.05) is 8.03 Å². The Morgan fingerprint density at radius 1 is 1.53 bits per heavy atom. The fourth-order valence-electron chi connectivity index (χ4n) is 0.622. The van der Waals surface area contributed by atoms with Gasteiger partial charge in [0.1, 0.15) is 0 Å². The minimum atomic E-state index is -0.981. The molecule has 0 fully saturated rings. The zero-order chi connectivity index (χ0) is 13.0. The predicted octanol–water partition coefficient (Wildman–Crippen LogP) is 2.36. The number of carbonyl (C=O) groups is 2. The number of aliphatic carboxylic acids is 1. The molecule has 1 N–H and O–H groups in total. The fourth-order valence-corrected chi connectivity index (χ4v) is 0.622. The minimum Gasteiger partial charge on any atom is -0.481 e. The van der Waals surface area contributed by atoms with E-state index >= 15 is 0 Å². The highest BCUT2D eigenvalue weighted by molar-refractivity contribution is 5.78. The summed E-state index contributed by atoms with van der Waals surface area (Å²) in [6.45, 7) is 8.35. The molecular weight excluding hydrogens is 224 g/mol. The summed E-state index contributed by atoms with van der Waals surface area (Å²) in [5.74, 6) is -2.13. The van der Waals surface area contributed by atoms with Crippen molar-refractivity contribution >= 4 is 11.9 Å². The lowest BCUT2D eigenvalue weighted by Crippen LogP contribution is -2.15. The van der Waals surface area contributed by atoms with Crippen LogP contribution < -0.4 is 0 Å². The predicted molar refractivity (Wildman–Crippen MR) is 69.0 cm³/mol. The van der Waals surface area contributed by atoms with Gasteiger partial charge >= 0.3 is 11.9 Å². The molecule has 0 spiro atoms. The molecule has 0 aliphatic heterocycles. The van der Waals surface area contributed by atoms with E-state index in [9.17, 15) is 9.59 Å². The van der Waals surface area contributed by atoms with E-state index in [1.54, 1.807) is 6.08 Å². The molecule has 104 valence electrons. The highest BCUT2D eigenvalue weighted by Gasteiger charge is 2.15. The van der Waals surface area contributed by atoms with Crippen LogP contribution in [0.15, 0.2) is 12.7 Å². The van der Waals surface area contributed by atoms with E-state index < -0.39 is 17.9 Å². The molecule has 17 heavy (non-hydrogen) atoms. The maximum atomic E-state index is 10.4. The smallest absolute Gasteiger partial charge is 0.306 e. The summed E-state index contributed by atoms with van der Waals surface area (Å²) in [5.41, 5.74) is 0. The van der Waals surface area contributed by atoms with Crippen molar-refractivity contribution in [1.29, 1.82) is 0 Å². The third-order valence-electron chi connectivity index (χ3n) is 1.56. The average molecular weight is 252 g/mol. The zero-order valence-corrected chi connectivity index (χ0v) is 10.1. The summed E-state index contributed by atoms with van der Waals surface area (Å²) in [4.78, 5) is 20.6.